The Kier molecular flexibility index (Phi) is 4.13. The summed E-state index contributed by atoms with van der Waals surface area (Å²) >= 11 is 0. The number of nitrogen functional groups attached to an aromatic ring is 1. The highest BCUT2D eigenvalue weighted by Gasteiger charge is 2.31. The third-order valence-electron chi connectivity index (χ3n) is 3.10. The van der Waals surface area contributed by atoms with Gasteiger partial charge in [-0.05, 0) is 36.2 Å². The highest BCUT2D eigenvalue weighted by molar-refractivity contribution is 5.45. The Morgan fingerprint density at radius 1 is 1.19 bits per heavy atom. The van der Waals surface area contributed by atoms with E-state index in [2.05, 4.69) is 4.98 Å². The van der Waals surface area contributed by atoms with Crippen LogP contribution in [0, 0.1) is 5.82 Å². The Balaban J connectivity index is 2.31. The molecule has 112 valence electrons. The first-order valence-electron chi connectivity index (χ1n) is 6.09. The first kappa shape index (κ1) is 15.2. The van der Waals surface area contributed by atoms with E-state index in [0.717, 1.165) is 12.1 Å². The summed E-state index contributed by atoms with van der Waals surface area (Å²) in [5, 5.41) is 0. The van der Waals surface area contributed by atoms with Gasteiger partial charge in [0.25, 0.3) is 0 Å². The maximum Gasteiger partial charge on any atom is 0.416 e. The molecule has 21 heavy (non-hydrogen) atoms. The van der Waals surface area contributed by atoms with Crippen LogP contribution in [0.25, 0.3) is 0 Å². The van der Waals surface area contributed by atoms with Gasteiger partial charge in [0, 0.05) is 29.7 Å². The third kappa shape index (κ3) is 3.49. The molecule has 4 N–H and O–H groups in total. The Bertz CT molecular complexity index is 640. The van der Waals surface area contributed by atoms with Crippen LogP contribution in [-0.4, -0.2) is 4.98 Å². The molecule has 2 aromatic rings. The lowest BCUT2D eigenvalue weighted by molar-refractivity contribution is -0.137. The Morgan fingerprint density at radius 2 is 1.90 bits per heavy atom. The minimum atomic E-state index is -4.55. The van der Waals surface area contributed by atoms with Crippen LogP contribution in [-0.2, 0) is 12.6 Å². The number of halogens is 4. The summed E-state index contributed by atoms with van der Waals surface area (Å²) in [6.07, 6.45) is -1.51. The zero-order valence-electron chi connectivity index (χ0n) is 10.9. The van der Waals surface area contributed by atoms with Crippen molar-refractivity contribution in [2.45, 2.75) is 18.6 Å². The molecule has 0 saturated heterocycles. The van der Waals surface area contributed by atoms with Crippen LogP contribution in [0.15, 0.2) is 36.7 Å². The second-order valence-corrected chi connectivity index (χ2v) is 4.62. The predicted octanol–water partition coefficient (Wildman–Crippen LogP) is 3.06. The molecule has 7 heteroatoms. The lowest BCUT2D eigenvalue weighted by Crippen LogP contribution is -2.17. The molecule has 0 aliphatic heterocycles. The minimum Gasteiger partial charge on any atom is -0.398 e. The van der Waals surface area contributed by atoms with Crippen LogP contribution in [0.5, 0.6) is 0 Å². The zero-order valence-corrected chi connectivity index (χ0v) is 10.9. The predicted molar refractivity (Wildman–Crippen MR) is 70.7 cm³/mol. The van der Waals surface area contributed by atoms with Crippen LogP contribution >= 0.6 is 0 Å². The van der Waals surface area contributed by atoms with E-state index in [4.69, 9.17) is 11.5 Å². The van der Waals surface area contributed by atoms with Crippen molar-refractivity contribution < 1.29 is 17.6 Å². The number of hydrogen-bond acceptors (Lipinski definition) is 3. The smallest absolute Gasteiger partial charge is 0.398 e. The number of pyridine rings is 1. The van der Waals surface area contributed by atoms with Gasteiger partial charge in [-0.3, -0.25) is 4.98 Å². The molecule has 0 bridgehead atoms. The van der Waals surface area contributed by atoms with Crippen molar-refractivity contribution >= 4 is 5.69 Å². The van der Waals surface area contributed by atoms with Crippen molar-refractivity contribution in [3.05, 3.63) is 59.2 Å². The number of nitrogens with two attached hydrogens (primary N) is 2. The van der Waals surface area contributed by atoms with E-state index in [1.54, 1.807) is 6.07 Å². The normalized spacial score (nSPS) is 13.2. The van der Waals surface area contributed by atoms with Crippen molar-refractivity contribution in [2.24, 2.45) is 5.73 Å². The molecule has 0 aliphatic rings. The standard InChI is InChI=1S/C14H13F4N3/c15-11-2-1-9(14(16,17)18)6-10(11)13(20)5-8-7-21-4-3-12(8)19/h1-4,6-7,13H,5,20H2,(H2,19,21). The van der Waals surface area contributed by atoms with Gasteiger partial charge < -0.3 is 11.5 Å². The summed E-state index contributed by atoms with van der Waals surface area (Å²) in [5.41, 5.74) is 11.4. The molecular formula is C14H13F4N3. The minimum absolute atomic E-state index is 0.0951. The van der Waals surface area contributed by atoms with Gasteiger partial charge in [0.2, 0.25) is 0 Å². The second kappa shape index (κ2) is 5.69. The second-order valence-electron chi connectivity index (χ2n) is 4.62. The quantitative estimate of drug-likeness (QED) is 0.856. The van der Waals surface area contributed by atoms with Crippen LogP contribution in [0.2, 0.25) is 0 Å². The van der Waals surface area contributed by atoms with Crippen molar-refractivity contribution in [3.8, 4) is 0 Å². The van der Waals surface area contributed by atoms with E-state index in [0.29, 0.717) is 17.3 Å². The molecule has 0 fully saturated rings. The van der Waals surface area contributed by atoms with E-state index < -0.39 is 23.6 Å². The number of aromatic nitrogens is 1. The SMILES string of the molecule is Nc1ccncc1CC(N)c1cc(C(F)(F)F)ccc1F. The van der Waals surface area contributed by atoms with Gasteiger partial charge in [-0.1, -0.05) is 0 Å². The fourth-order valence-electron chi connectivity index (χ4n) is 1.96. The first-order valence-corrected chi connectivity index (χ1v) is 6.09. The summed E-state index contributed by atoms with van der Waals surface area (Å²) in [7, 11) is 0. The van der Waals surface area contributed by atoms with Crippen molar-refractivity contribution in [2.75, 3.05) is 5.73 Å². The molecule has 1 heterocycles. The van der Waals surface area contributed by atoms with E-state index in [1.807, 2.05) is 0 Å². The van der Waals surface area contributed by atoms with Gasteiger partial charge in [0.15, 0.2) is 0 Å². The topological polar surface area (TPSA) is 64.9 Å². The zero-order chi connectivity index (χ0) is 15.6. The number of nitrogens with zero attached hydrogens (tertiary/aromatic N) is 1. The summed E-state index contributed by atoms with van der Waals surface area (Å²) in [5.74, 6) is -0.780. The summed E-state index contributed by atoms with van der Waals surface area (Å²) < 4.78 is 51.7. The van der Waals surface area contributed by atoms with Gasteiger partial charge in [-0.15, -0.1) is 0 Å². The first-order chi connectivity index (χ1) is 9.79. The van der Waals surface area contributed by atoms with Crippen LogP contribution in [0.4, 0.5) is 23.2 Å². The maximum atomic E-state index is 13.7. The molecule has 1 atom stereocenters. The van der Waals surface area contributed by atoms with Crippen LogP contribution < -0.4 is 11.5 Å². The van der Waals surface area contributed by atoms with Crippen molar-refractivity contribution in [3.63, 3.8) is 0 Å². The van der Waals surface area contributed by atoms with Gasteiger partial charge in [-0.25, -0.2) is 4.39 Å². The average Bonchev–Trinajstić information content (AvgIpc) is 2.40. The van der Waals surface area contributed by atoms with E-state index in [9.17, 15) is 17.6 Å². The molecule has 2 rings (SSSR count). The average molecular weight is 299 g/mol. The highest BCUT2D eigenvalue weighted by Crippen LogP contribution is 2.32. The molecule has 1 aromatic heterocycles. The lowest BCUT2D eigenvalue weighted by Gasteiger charge is -2.16. The van der Waals surface area contributed by atoms with Crippen LogP contribution in [0.1, 0.15) is 22.7 Å². The Labute approximate surface area is 118 Å². The summed E-state index contributed by atoms with van der Waals surface area (Å²) in [4.78, 5) is 3.86. The monoisotopic (exact) mass is 299 g/mol. The molecular weight excluding hydrogens is 286 g/mol. The fourth-order valence-corrected chi connectivity index (χ4v) is 1.96. The molecule has 0 amide bonds. The van der Waals surface area contributed by atoms with Gasteiger partial charge in [-0.2, -0.15) is 13.2 Å². The van der Waals surface area contributed by atoms with E-state index in [-0.39, 0.29) is 12.0 Å². The van der Waals surface area contributed by atoms with E-state index >= 15 is 0 Å². The molecule has 0 aliphatic carbocycles. The van der Waals surface area contributed by atoms with Crippen molar-refractivity contribution in [1.29, 1.82) is 0 Å². The largest absolute Gasteiger partial charge is 0.416 e. The molecule has 1 unspecified atom stereocenters. The van der Waals surface area contributed by atoms with Crippen molar-refractivity contribution in [1.82, 2.24) is 4.98 Å². The molecule has 0 spiro atoms. The van der Waals surface area contributed by atoms with Crippen LogP contribution in [0.3, 0.4) is 0 Å². The lowest BCUT2D eigenvalue weighted by atomic mass is 9.97. The number of rotatable bonds is 3. The summed E-state index contributed by atoms with van der Waals surface area (Å²) in [6.45, 7) is 0. The third-order valence-corrected chi connectivity index (χ3v) is 3.10. The molecule has 1 aromatic carbocycles. The highest BCUT2D eigenvalue weighted by atomic mass is 19.4. The summed E-state index contributed by atoms with van der Waals surface area (Å²) in [6, 6.07) is 2.78. The number of alkyl halides is 3. The number of anilines is 1. The molecule has 0 radical (unpaired) electrons. The van der Waals surface area contributed by atoms with Gasteiger partial charge in [0.1, 0.15) is 5.82 Å². The fraction of sp³-hybridized carbons (Fsp3) is 0.214. The Hall–Kier alpha value is -2.15. The molecule has 3 nitrogen and oxygen atoms in total. The molecule has 0 saturated carbocycles. The van der Waals surface area contributed by atoms with E-state index in [1.165, 1.54) is 12.4 Å². The Morgan fingerprint density at radius 3 is 2.52 bits per heavy atom. The van der Waals surface area contributed by atoms with Gasteiger partial charge >= 0.3 is 6.18 Å². The van der Waals surface area contributed by atoms with Gasteiger partial charge in [0.05, 0.1) is 5.56 Å². The maximum absolute atomic E-state index is 13.7. The number of hydrogen-bond donors (Lipinski definition) is 2. The number of benzene rings is 1.